The molecule has 0 N–H and O–H groups in total. The number of nitrogens with zero attached hydrogens (tertiary/aromatic N) is 1. The average Bonchev–Trinajstić information content (AvgIpc) is 2.32. The first-order valence-corrected chi connectivity index (χ1v) is 5.69. The van der Waals surface area contributed by atoms with E-state index in [1.165, 1.54) is 4.90 Å². The number of alkyl halides is 1. The third-order valence-corrected chi connectivity index (χ3v) is 2.80. The van der Waals surface area contributed by atoms with E-state index in [-0.39, 0.29) is 17.7 Å². The van der Waals surface area contributed by atoms with Crippen molar-refractivity contribution in [3.63, 3.8) is 0 Å². The molecule has 13 heavy (non-hydrogen) atoms. The zero-order chi connectivity index (χ0) is 9.84. The summed E-state index contributed by atoms with van der Waals surface area (Å²) in [4.78, 5) is 24.1. The molecular formula is C9H14BrNO2. The van der Waals surface area contributed by atoms with Crippen LogP contribution in [0.3, 0.4) is 0 Å². The summed E-state index contributed by atoms with van der Waals surface area (Å²) in [5, 5.41) is 0.929. The maximum absolute atomic E-state index is 11.4. The van der Waals surface area contributed by atoms with Gasteiger partial charge < -0.3 is 0 Å². The molecule has 1 saturated heterocycles. The molecule has 2 amide bonds. The summed E-state index contributed by atoms with van der Waals surface area (Å²) >= 11 is 3.31. The second-order valence-corrected chi connectivity index (χ2v) is 4.18. The number of carbonyl (C=O) groups is 2. The van der Waals surface area contributed by atoms with Gasteiger partial charge in [0.2, 0.25) is 11.8 Å². The summed E-state index contributed by atoms with van der Waals surface area (Å²) in [5.41, 5.74) is 0. The van der Waals surface area contributed by atoms with Crippen molar-refractivity contribution in [3.05, 3.63) is 0 Å². The Balaban J connectivity index is 2.40. The fraction of sp³-hybridized carbons (Fsp3) is 0.778. The van der Waals surface area contributed by atoms with E-state index >= 15 is 0 Å². The van der Waals surface area contributed by atoms with Gasteiger partial charge in [0.05, 0.1) is 0 Å². The van der Waals surface area contributed by atoms with Crippen LogP contribution in [0.2, 0.25) is 0 Å². The van der Waals surface area contributed by atoms with Crippen molar-refractivity contribution in [2.45, 2.75) is 26.2 Å². The van der Waals surface area contributed by atoms with Gasteiger partial charge in [-0.25, -0.2) is 0 Å². The molecule has 1 rings (SSSR count). The summed E-state index contributed by atoms with van der Waals surface area (Å²) in [6.45, 7) is 2.40. The van der Waals surface area contributed by atoms with Crippen molar-refractivity contribution in [2.75, 3.05) is 11.9 Å². The molecule has 1 unspecified atom stereocenters. The fourth-order valence-corrected chi connectivity index (χ4v) is 1.84. The first-order valence-electron chi connectivity index (χ1n) is 4.57. The SMILES string of the molecule is CC1CC(=O)N(CCCCBr)C1=O. The Morgan fingerprint density at radius 2 is 2.15 bits per heavy atom. The molecule has 4 heteroatoms. The van der Waals surface area contributed by atoms with Gasteiger partial charge in [-0.3, -0.25) is 14.5 Å². The first-order chi connectivity index (χ1) is 6.16. The molecule has 1 heterocycles. The predicted octanol–water partition coefficient (Wildman–Crippen LogP) is 1.56. The van der Waals surface area contributed by atoms with Crippen molar-refractivity contribution >= 4 is 27.7 Å². The summed E-state index contributed by atoms with van der Waals surface area (Å²) < 4.78 is 0. The van der Waals surface area contributed by atoms with Crippen LogP contribution in [0, 0.1) is 5.92 Å². The van der Waals surface area contributed by atoms with Crippen LogP contribution in [0.4, 0.5) is 0 Å². The van der Waals surface area contributed by atoms with Gasteiger partial charge in [0, 0.05) is 24.2 Å². The van der Waals surface area contributed by atoms with Gasteiger partial charge in [-0.05, 0) is 12.8 Å². The summed E-state index contributed by atoms with van der Waals surface area (Å²) in [5.74, 6) is -0.108. The third kappa shape index (κ3) is 2.53. The third-order valence-electron chi connectivity index (χ3n) is 2.23. The van der Waals surface area contributed by atoms with Crippen LogP contribution in [0.1, 0.15) is 26.2 Å². The molecule has 0 spiro atoms. The maximum Gasteiger partial charge on any atom is 0.232 e. The van der Waals surface area contributed by atoms with E-state index < -0.39 is 0 Å². The molecule has 1 aliphatic rings. The minimum Gasteiger partial charge on any atom is -0.282 e. The van der Waals surface area contributed by atoms with E-state index in [0.717, 1.165) is 18.2 Å². The van der Waals surface area contributed by atoms with Gasteiger partial charge in [0.1, 0.15) is 0 Å². The van der Waals surface area contributed by atoms with Crippen LogP contribution in [0.5, 0.6) is 0 Å². The summed E-state index contributed by atoms with van der Waals surface area (Å²) in [6, 6.07) is 0. The average molecular weight is 248 g/mol. The first kappa shape index (κ1) is 10.7. The standard InChI is InChI=1S/C9H14BrNO2/c1-7-6-8(12)11(9(7)13)5-3-2-4-10/h7H,2-6H2,1H3. The molecule has 0 saturated carbocycles. The number of carbonyl (C=O) groups excluding carboxylic acids is 2. The Morgan fingerprint density at radius 3 is 2.62 bits per heavy atom. The lowest BCUT2D eigenvalue weighted by molar-refractivity contribution is -0.139. The van der Waals surface area contributed by atoms with Gasteiger partial charge in [-0.2, -0.15) is 0 Å². The van der Waals surface area contributed by atoms with Gasteiger partial charge in [0.25, 0.3) is 0 Å². The van der Waals surface area contributed by atoms with Crippen molar-refractivity contribution in [3.8, 4) is 0 Å². The highest BCUT2D eigenvalue weighted by molar-refractivity contribution is 9.09. The number of rotatable bonds is 4. The Bertz CT molecular complexity index is 218. The highest BCUT2D eigenvalue weighted by Crippen LogP contribution is 2.18. The lowest BCUT2D eigenvalue weighted by Gasteiger charge is -2.13. The number of amides is 2. The van der Waals surface area contributed by atoms with Crippen molar-refractivity contribution < 1.29 is 9.59 Å². The number of halogens is 1. The lowest BCUT2D eigenvalue weighted by Crippen LogP contribution is -2.31. The van der Waals surface area contributed by atoms with Crippen molar-refractivity contribution in [1.29, 1.82) is 0 Å². The number of hydrogen-bond donors (Lipinski definition) is 0. The predicted molar refractivity (Wildman–Crippen MR) is 53.5 cm³/mol. The number of unbranched alkanes of at least 4 members (excludes halogenated alkanes) is 1. The molecular weight excluding hydrogens is 234 g/mol. The van der Waals surface area contributed by atoms with Crippen LogP contribution in [-0.2, 0) is 9.59 Å². The minimum atomic E-state index is -0.100. The van der Waals surface area contributed by atoms with Gasteiger partial charge in [0.15, 0.2) is 0 Å². The van der Waals surface area contributed by atoms with Crippen molar-refractivity contribution in [2.24, 2.45) is 5.92 Å². The van der Waals surface area contributed by atoms with Crippen LogP contribution in [0.25, 0.3) is 0 Å². The second kappa shape index (κ2) is 4.74. The van der Waals surface area contributed by atoms with E-state index in [9.17, 15) is 9.59 Å². The van der Waals surface area contributed by atoms with E-state index in [0.29, 0.717) is 13.0 Å². The van der Waals surface area contributed by atoms with Crippen molar-refractivity contribution in [1.82, 2.24) is 4.90 Å². The quantitative estimate of drug-likeness (QED) is 0.430. The molecule has 74 valence electrons. The second-order valence-electron chi connectivity index (χ2n) is 3.38. The Labute approximate surface area is 86.6 Å². The molecule has 3 nitrogen and oxygen atoms in total. The fourth-order valence-electron chi connectivity index (χ4n) is 1.45. The summed E-state index contributed by atoms with van der Waals surface area (Å²) in [6.07, 6.45) is 2.30. The number of likely N-dealkylation sites (tertiary alicyclic amines) is 1. The highest BCUT2D eigenvalue weighted by atomic mass is 79.9. The number of hydrogen-bond acceptors (Lipinski definition) is 2. The molecule has 1 aliphatic heterocycles. The molecule has 0 aromatic carbocycles. The smallest absolute Gasteiger partial charge is 0.232 e. The lowest BCUT2D eigenvalue weighted by atomic mass is 10.1. The molecule has 0 bridgehead atoms. The van der Waals surface area contributed by atoms with E-state index in [1.807, 2.05) is 6.92 Å². The monoisotopic (exact) mass is 247 g/mol. The Hall–Kier alpha value is -0.380. The topological polar surface area (TPSA) is 37.4 Å². The normalized spacial score (nSPS) is 22.9. The zero-order valence-corrected chi connectivity index (χ0v) is 9.34. The van der Waals surface area contributed by atoms with Gasteiger partial charge in [-0.15, -0.1) is 0 Å². The molecule has 0 aliphatic carbocycles. The van der Waals surface area contributed by atoms with E-state index in [4.69, 9.17) is 0 Å². The number of imide groups is 1. The molecule has 1 fully saturated rings. The van der Waals surface area contributed by atoms with Gasteiger partial charge in [-0.1, -0.05) is 22.9 Å². The van der Waals surface area contributed by atoms with Crippen LogP contribution in [-0.4, -0.2) is 28.6 Å². The van der Waals surface area contributed by atoms with Crippen LogP contribution >= 0.6 is 15.9 Å². The Morgan fingerprint density at radius 1 is 1.46 bits per heavy atom. The molecule has 1 atom stereocenters. The highest BCUT2D eigenvalue weighted by Gasteiger charge is 2.34. The maximum atomic E-state index is 11.4. The molecule has 0 aromatic rings. The van der Waals surface area contributed by atoms with Crippen LogP contribution in [0.15, 0.2) is 0 Å². The molecule has 0 radical (unpaired) electrons. The van der Waals surface area contributed by atoms with Crippen LogP contribution < -0.4 is 0 Å². The van der Waals surface area contributed by atoms with E-state index in [1.54, 1.807) is 0 Å². The van der Waals surface area contributed by atoms with E-state index in [2.05, 4.69) is 15.9 Å². The minimum absolute atomic E-state index is 0.000396. The largest absolute Gasteiger partial charge is 0.282 e. The molecule has 0 aromatic heterocycles. The zero-order valence-electron chi connectivity index (χ0n) is 7.75. The Kier molecular flexibility index (Phi) is 3.90. The summed E-state index contributed by atoms with van der Waals surface area (Å²) in [7, 11) is 0. The van der Waals surface area contributed by atoms with Gasteiger partial charge >= 0.3 is 0 Å².